The van der Waals surface area contributed by atoms with Crippen molar-refractivity contribution >= 4 is 15.5 Å². The molecule has 0 spiro atoms. The van der Waals surface area contributed by atoms with Gasteiger partial charge < -0.3 is 9.64 Å². The van der Waals surface area contributed by atoms with Crippen molar-refractivity contribution in [3.8, 4) is 0 Å². The van der Waals surface area contributed by atoms with E-state index in [4.69, 9.17) is 4.74 Å². The molecule has 0 aliphatic carbocycles. The number of piperazine rings is 1. The Kier molecular flexibility index (Phi) is 4.19. The maximum atomic E-state index is 11.9. The second kappa shape index (κ2) is 5.94. The van der Waals surface area contributed by atoms with Gasteiger partial charge in [0.25, 0.3) is 0 Å². The van der Waals surface area contributed by atoms with Gasteiger partial charge in [0.1, 0.15) is 0 Å². The lowest BCUT2D eigenvalue weighted by atomic mass is 10.1. The van der Waals surface area contributed by atoms with Crippen LogP contribution in [0.15, 0.2) is 29.2 Å². The molecule has 0 saturated carbocycles. The summed E-state index contributed by atoms with van der Waals surface area (Å²) in [6.07, 6.45) is 2.39. The minimum Gasteiger partial charge on any atom is -0.380 e. The van der Waals surface area contributed by atoms with Crippen LogP contribution in [-0.4, -0.2) is 65.0 Å². The molecule has 1 aromatic rings. The van der Waals surface area contributed by atoms with E-state index in [-0.39, 0.29) is 0 Å². The maximum absolute atomic E-state index is 11.9. The number of hydrogen-bond donors (Lipinski definition) is 0. The van der Waals surface area contributed by atoms with Crippen molar-refractivity contribution < 1.29 is 13.2 Å². The Labute approximate surface area is 126 Å². The molecule has 0 radical (unpaired) electrons. The molecule has 21 heavy (non-hydrogen) atoms. The van der Waals surface area contributed by atoms with Gasteiger partial charge in [0, 0.05) is 45.1 Å². The van der Waals surface area contributed by atoms with Crippen LogP contribution in [0.3, 0.4) is 0 Å². The molecule has 2 fully saturated rings. The van der Waals surface area contributed by atoms with Crippen LogP contribution in [0.1, 0.15) is 6.42 Å². The van der Waals surface area contributed by atoms with Gasteiger partial charge in [-0.1, -0.05) is 12.1 Å². The highest BCUT2D eigenvalue weighted by Gasteiger charge is 2.28. The molecular formula is C15H22N2O3S. The molecular weight excluding hydrogens is 288 g/mol. The van der Waals surface area contributed by atoms with Crippen molar-refractivity contribution in [2.24, 2.45) is 0 Å². The topological polar surface area (TPSA) is 49.9 Å². The van der Waals surface area contributed by atoms with Crippen LogP contribution >= 0.6 is 0 Å². The third-order valence-electron chi connectivity index (χ3n) is 4.34. The molecule has 1 atom stereocenters. The SMILES string of the molecule is CS(=O)(=O)c1ccccc1N1CCN([C@@H]2CCOC2)CC1. The molecule has 2 aliphatic heterocycles. The molecule has 5 nitrogen and oxygen atoms in total. The van der Waals surface area contributed by atoms with Gasteiger partial charge in [0.2, 0.25) is 0 Å². The van der Waals surface area contributed by atoms with Gasteiger partial charge in [0.15, 0.2) is 9.84 Å². The second-order valence-electron chi connectivity index (χ2n) is 5.78. The highest BCUT2D eigenvalue weighted by Crippen LogP contribution is 2.26. The van der Waals surface area contributed by atoms with Crippen LogP contribution in [-0.2, 0) is 14.6 Å². The number of anilines is 1. The van der Waals surface area contributed by atoms with Crippen molar-refractivity contribution in [3.05, 3.63) is 24.3 Å². The first kappa shape index (κ1) is 14.8. The summed E-state index contributed by atoms with van der Waals surface area (Å²) in [5.74, 6) is 0. The summed E-state index contributed by atoms with van der Waals surface area (Å²) in [5, 5.41) is 0. The molecule has 3 rings (SSSR count). The zero-order chi connectivity index (χ0) is 14.9. The fraction of sp³-hybridized carbons (Fsp3) is 0.600. The Hall–Kier alpha value is -1.11. The average Bonchev–Trinajstić information content (AvgIpc) is 3.01. The van der Waals surface area contributed by atoms with Crippen molar-refractivity contribution in [2.75, 3.05) is 50.5 Å². The average molecular weight is 310 g/mol. The predicted octanol–water partition coefficient (Wildman–Crippen LogP) is 1.00. The summed E-state index contributed by atoms with van der Waals surface area (Å²) in [7, 11) is -3.19. The van der Waals surface area contributed by atoms with Gasteiger partial charge in [-0.05, 0) is 18.6 Å². The van der Waals surface area contributed by atoms with E-state index in [9.17, 15) is 8.42 Å². The third kappa shape index (κ3) is 3.22. The lowest BCUT2D eigenvalue weighted by Gasteiger charge is -2.39. The standard InChI is InChI=1S/C15H22N2O3S/c1-21(18,19)15-5-3-2-4-14(15)17-9-7-16(8-10-17)13-6-11-20-12-13/h2-5,13H,6-12H2,1H3/t13-/m1/s1. The molecule has 116 valence electrons. The van der Waals surface area contributed by atoms with Gasteiger partial charge >= 0.3 is 0 Å². The number of nitrogens with zero attached hydrogens (tertiary/aromatic N) is 2. The Morgan fingerprint density at radius 2 is 1.86 bits per heavy atom. The van der Waals surface area contributed by atoms with Gasteiger partial charge in [-0.3, -0.25) is 4.90 Å². The van der Waals surface area contributed by atoms with Crippen LogP contribution in [0.5, 0.6) is 0 Å². The van der Waals surface area contributed by atoms with Crippen molar-refractivity contribution in [3.63, 3.8) is 0 Å². The smallest absolute Gasteiger partial charge is 0.177 e. The van der Waals surface area contributed by atoms with E-state index >= 15 is 0 Å². The zero-order valence-corrected chi connectivity index (χ0v) is 13.2. The third-order valence-corrected chi connectivity index (χ3v) is 5.49. The minimum atomic E-state index is -3.19. The van der Waals surface area contributed by atoms with Crippen molar-refractivity contribution in [1.29, 1.82) is 0 Å². The highest BCUT2D eigenvalue weighted by molar-refractivity contribution is 7.90. The molecule has 2 saturated heterocycles. The number of sulfone groups is 1. The van der Waals surface area contributed by atoms with E-state index in [0.717, 1.165) is 51.5 Å². The first-order valence-electron chi connectivity index (χ1n) is 7.41. The van der Waals surface area contributed by atoms with Gasteiger partial charge in [-0.15, -0.1) is 0 Å². The predicted molar refractivity (Wildman–Crippen MR) is 82.6 cm³/mol. The van der Waals surface area contributed by atoms with E-state index in [0.29, 0.717) is 10.9 Å². The molecule has 6 heteroatoms. The van der Waals surface area contributed by atoms with Crippen LogP contribution in [0, 0.1) is 0 Å². The Morgan fingerprint density at radius 3 is 2.48 bits per heavy atom. The lowest BCUT2D eigenvalue weighted by Crippen LogP contribution is -2.50. The molecule has 0 bridgehead atoms. The summed E-state index contributed by atoms with van der Waals surface area (Å²) < 4.78 is 29.3. The monoisotopic (exact) mass is 310 g/mol. The van der Waals surface area contributed by atoms with Gasteiger partial charge in [-0.2, -0.15) is 0 Å². The summed E-state index contributed by atoms with van der Waals surface area (Å²) in [5.41, 5.74) is 0.835. The summed E-state index contributed by atoms with van der Waals surface area (Å²) in [6, 6.07) is 7.83. The molecule has 2 aliphatic rings. The van der Waals surface area contributed by atoms with E-state index < -0.39 is 9.84 Å². The quantitative estimate of drug-likeness (QED) is 0.834. The Balaban J connectivity index is 1.72. The molecule has 2 heterocycles. The Morgan fingerprint density at radius 1 is 1.14 bits per heavy atom. The molecule has 0 unspecified atom stereocenters. The Bertz CT molecular complexity index is 589. The number of benzene rings is 1. The van der Waals surface area contributed by atoms with E-state index in [1.165, 1.54) is 6.26 Å². The summed E-state index contributed by atoms with van der Waals surface area (Å²) in [6.45, 7) is 5.35. The van der Waals surface area contributed by atoms with Crippen LogP contribution < -0.4 is 4.90 Å². The second-order valence-corrected chi connectivity index (χ2v) is 7.76. The normalized spacial score (nSPS) is 24.4. The number of ether oxygens (including phenoxy) is 1. The molecule has 1 aromatic carbocycles. The summed E-state index contributed by atoms with van der Waals surface area (Å²) in [4.78, 5) is 5.08. The fourth-order valence-electron chi connectivity index (χ4n) is 3.17. The number of hydrogen-bond acceptors (Lipinski definition) is 5. The largest absolute Gasteiger partial charge is 0.380 e. The number of rotatable bonds is 3. The zero-order valence-electron chi connectivity index (χ0n) is 12.4. The molecule has 0 N–H and O–H groups in total. The van der Waals surface area contributed by atoms with Gasteiger partial charge in [0.05, 0.1) is 17.2 Å². The van der Waals surface area contributed by atoms with Gasteiger partial charge in [-0.25, -0.2) is 8.42 Å². The first-order chi connectivity index (χ1) is 10.1. The van der Waals surface area contributed by atoms with Crippen molar-refractivity contribution in [1.82, 2.24) is 4.90 Å². The van der Waals surface area contributed by atoms with Crippen LogP contribution in [0.2, 0.25) is 0 Å². The van der Waals surface area contributed by atoms with E-state index in [1.807, 2.05) is 12.1 Å². The fourth-order valence-corrected chi connectivity index (χ4v) is 4.07. The summed E-state index contributed by atoms with van der Waals surface area (Å²) >= 11 is 0. The maximum Gasteiger partial charge on any atom is 0.177 e. The van der Waals surface area contributed by atoms with Crippen LogP contribution in [0.4, 0.5) is 5.69 Å². The lowest BCUT2D eigenvalue weighted by molar-refractivity contribution is 0.139. The van der Waals surface area contributed by atoms with E-state index in [1.54, 1.807) is 12.1 Å². The van der Waals surface area contributed by atoms with Crippen LogP contribution in [0.25, 0.3) is 0 Å². The van der Waals surface area contributed by atoms with Crippen molar-refractivity contribution in [2.45, 2.75) is 17.4 Å². The first-order valence-corrected chi connectivity index (χ1v) is 9.31. The molecule has 0 amide bonds. The number of para-hydroxylation sites is 1. The highest BCUT2D eigenvalue weighted by atomic mass is 32.2. The van der Waals surface area contributed by atoms with E-state index in [2.05, 4.69) is 9.80 Å². The minimum absolute atomic E-state index is 0.433. The molecule has 0 aromatic heterocycles.